The third-order valence-electron chi connectivity index (χ3n) is 5.19. The smallest absolute Gasteiger partial charge is 0.244 e. The molecule has 0 amide bonds. The number of nitrogens with zero attached hydrogens (tertiary/aromatic N) is 1. The summed E-state index contributed by atoms with van der Waals surface area (Å²) in [6.45, 7) is 3.14. The quantitative estimate of drug-likeness (QED) is 0.665. The molecule has 0 aromatic heterocycles. The first-order valence-electron chi connectivity index (χ1n) is 9.97. The molecule has 1 aliphatic heterocycles. The van der Waals surface area contributed by atoms with E-state index in [-0.39, 0.29) is 16.3 Å². The zero-order chi connectivity index (χ0) is 21.8. The van der Waals surface area contributed by atoms with Crippen molar-refractivity contribution in [1.82, 2.24) is 9.03 Å². The van der Waals surface area contributed by atoms with Crippen molar-refractivity contribution in [3.63, 3.8) is 0 Å². The van der Waals surface area contributed by atoms with E-state index in [1.165, 1.54) is 11.4 Å². The molecule has 1 heterocycles. The molecule has 7 nitrogen and oxygen atoms in total. The molecule has 0 aliphatic carbocycles. The zero-order valence-corrected chi connectivity index (χ0v) is 18.9. The molecule has 30 heavy (non-hydrogen) atoms. The second kappa shape index (κ2) is 9.47. The lowest BCUT2D eigenvalue weighted by atomic mass is 10.2. The molecular formula is C21H28N2O5S2. The SMILES string of the molecule is COc1ccc(C)cc1S(=O)(=O)NCCc1ccc(S(=O)(=O)N2CCCCC2)cc1. The summed E-state index contributed by atoms with van der Waals surface area (Å²) in [5, 5.41) is 0. The number of aryl methyl sites for hydroxylation is 1. The number of rotatable bonds is 8. The van der Waals surface area contributed by atoms with Gasteiger partial charge in [0.1, 0.15) is 10.6 Å². The van der Waals surface area contributed by atoms with Gasteiger partial charge >= 0.3 is 0 Å². The number of benzene rings is 2. The van der Waals surface area contributed by atoms with Gasteiger partial charge in [-0.25, -0.2) is 21.6 Å². The maximum atomic E-state index is 12.7. The Kier molecular flexibility index (Phi) is 7.18. The molecule has 0 saturated carbocycles. The Morgan fingerprint density at radius 2 is 1.63 bits per heavy atom. The third-order valence-corrected chi connectivity index (χ3v) is 8.59. The van der Waals surface area contributed by atoms with Crippen LogP contribution in [0.3, 0.4) is 0 Å². The fourth-order valence-corrected chi connectivity index (χ4v) is 6.28. The molecule has 0 bridgehead atoms. The van der Waals surface area contributed by atoms with Crippen LogP contribution in [-0.2, 0) is 26.5 Å². The van der Waals surface area contributed by atoms with Gasteiger partial charge in [-0.05, 0) is 61.6 Å². The molecule has 0 atom stereocenters. The Morgan fingerprint density at radius 1 is 0.967 bits per heavy atom. The second-order valence-corrected chi connectivity index (χ2v) is 11.1. The molecule has 164 valence electrons. The lowest BCUT2D eigenvalue weighted by Gasteiger charge is -2.25. The van der Waals surface area contributed by atoms with Gasteiger partial charge < -0.3 is 4.74 Å². The van der Waals surface area contributed by atoms with Crippen molar-refractivity contribution in [3.8, 4) is 5.75 Å². The molecule has 9 heteroatoms. The molecular weight excluding hydrogens is 424 g/mol. The van der Waals surface area contributed by atoms with Crippen molar-refractivity contribution < 1.29 is 21.6 Å². The van der Waals surface area contributed by atoms with E-state index in [0.29, 0.717) is 25.3 Å². The molecule has 1 fully saturated rings. The molecule has 2 aromatic carbocycles. The maximum Gasteiger partial charge on any atom is 0.244 e. The van der Waals surface area contributed by atoms with Crippen LogP contribution < -0.4 is 9.46 Å². The van der Waals surface area contributed by atoms with Crippen LogP contribution >= 0.6 is 0 Å². The van der Waals surface area contributed by atoms with Crippen LogP contribution in [0.2, 0.25) is 0 Å². The normalized spacial score (nSPS) is 15.8. The van der Waals surface area contributed by atoms with Crippen molar-refractivity contribution in [2.24, 2.45) is 0 Å². The number of ether oxygens (including phenoxy) is 1. The third kappa shape index (κ3) is 5.21. The first-order chi connectivity index (χ1) is 14.2. The lowest BCUT2D eigenvalue weighted by Crippen LogP contribution is -2.35. The topological polar surface area (TPSA) is 92.8 Å². The first kappa shape index (κ1) is 22.7. The minimum Gasteiger partial charge on any atom is -0.495 e. The van der Waals surface area contributed by atoms with Crippen LogP contribution in [0.25, 0.3) is 0 Å². The van der Waals surface area contributed by atoms with Gasteiger partial charge in [-0.3, -0.25) is 0 Å². The average Bonchev–Trinajstić information content (AvgIpc) is 2.74. The zero-order valence-electron chi connectivity index (χ0n) is 17.3. The summed E-state index contributed by atoms with van der Waals surface area (Å²) in [6, 6.07) is 11.6. The van der Waals surface area contributed by atoms with Gasteiger partial charge in [-0.2, -0.15) is 4.31 Å². The predicted molar refractivity (Wildman–Crippen MR) is 116 cm³/mol. The fraction of sp³-hybridized carbons (Fsp3) is 0.429. The molecule has 1 aliphatic rings. The standard InChI is InChI=1S/C21H28N2O5S2/c1-17-6-11-20(28-2)21(16-17)29(24,25)22-13-12-18-7-9-19(10-8-18)30(26,27)23-14-4-3-5-15-23/h6-11,16,22H,3-5,12-15H2,1-2H3. The molecule has 2 aromatic rings. The van der Waals surface area contributed by atoms with Crippen LogP contribution in [0.1, 0.15) is 30.4 Å². The summed E-state index contributed by atoms with van der Waals surface area (Å²) in [7, 11) is -5.75. The Morgan fingerprint density at radius 3 is 2.27 bits per heavy atom. The van der Waals surface area contributed by atoms with E-state index in [2.05, 4.69) is 4.72 Å². The number of nitrogens with one attached hydrogen (secondary N) is 1. The monoisotopic (exact) mass is 452 g/mol. The number of piperidine rings is 1. The summed E-state index contributed by atoms with van der Waals surface area (Å²) in [5.41, 5.74) is 1.67. The molecule has 0 radical (unpaired) electrons. The number of hydrogen-bond acceptors (Lipinski definition) is 5. The first-order valence-corrected chi connectivity index (χ1v) is 12.9. The number of methoxy groups -OCH3 is 1. The average molecular weight is 453 g/mol. The summed E-state index contributed by atoms with van der Waals surface area (Å²) >= 11 is 0. The second-order valence-electron chi connectivity index (χ2n) is 7.41. The summed E-state index contributed by atoms with van der Waals surface area (Å²) in [6.07, 6.45) is 3.29. The van der Waals surface area contributed by atoms with Crippen LogP contribution in [0, 0.1) is 6.92 Å². The van der Waals surface area contributed by atoms with E-state index in [1.807, 2.05) is 6.92 Å². The summed E-state index contributed by atoms with van der Waals surface area (Å²) < 4.78 is 60.0. The van der Waals surface area contributed by atoms with Crippen LogP contribution in [0.5, 0.6) is 5.75 Å². The van der Waals surface area contributed by atoms with Crippen molar-refractivity contribution in [2.45, 2.75) is 42.4 Å². The van der Waals surface area contributed by atoms with Crippen LogP contribution in [-0.4, -0.2) is 47.9 Å². The Hall–Kier alpha value is -1.94. The molecule has 3 rings (SSSR count). The van der Waals surface area contributed by atoms with Gasteiger partial charge in [0.15, 0.2) is 0 Å². The van der Waals surface area contributed by atoms with Gasteiger partial charge in [0.2, 0.25) is 20.0 Å². The predicted octanol–water partition coefficient (Wildman–Crippen LogP) is 2.70. The highest BCUT2D eigenvalue weighted by atomic mass is 32.2. The van der Waals surface area contributed by atoms with E-state index in [0.717, 1.165) is 30.4 Å². The van der Waals surface area contributed by atoms with Crippen molar-refractivity contribution >= 4 is 20.0 Å². The molecule has 0 spiro atoms. The maximum absolute atomic E-state index is 12.7. The van der Waals surface area contributed by atoms with Gasteiger partial charge in [0.25, 0.3) is 0 Å². The van der Waals surface area contributed by atoms with E-state index in [4.69, 9.17) is 4.74 Å². The van der Waals surface area contributed by atoms with Gasteiger partial charge in [0, 0.05) is 19.6 Å². The van der Waals surface area contributed by atoms with E-state index < -0.39 is 20.0 Å². The highest BCUT2D eigenvalue weighted by molar-refractivity contribution is 7.89. The molecule has 1 saturated heterocycles. The van der Waals surface area contributed by atoms with Crippen LogP contribution in [0.15, 0.2) is 52.3 Å². The summed E-state index contributed by atoms with van der Waals surface area (Å²) in [4.78, 5) is 0.381. The van der Waals surface area contributed by atoms with Crippen molar-refractivity contribution in [3.05, 3.63) is 53.6 Å². The highest BCUT2D eigenvalue weighted by Gasteiger charge is 2.25. The fourth-order valence-electron chi connectivity index (χ4n) is 3.48. The van der Waals surface area contributed by atoms with Gasteiger partial charge in [-0.1, -0.05) is 24.6 Å². The van der Waals surface area contributed by atoms with Gasteiger partial charge in [0.05, 0.1) is 12.0 Å². The minimum atomic E-state index is -3.72. The Bertz CT molecular complexity index is 1070. The number of sulfonamides is 2. The van der Waals surface area contributed by atoms with E-state index in [9.17, 15) is 16.8 Å². The molecule has 1 N–H and O–H groups in total. The van der Waals surface area contributed by atoms with Crippen LogP contribution in [0.4, 0.5) is 0 Å². The Balaban J connectivity index is 1.63. The van der Waals surface area contributed by atoms with Crippen molar-refractivity contribution in [2.75, 3.05) is 26.7 Å². The lowest BCUT2D eigenvalue weighted by molar-refractivity contribution is 0.346. The number of hydrogen-bond donors (Lipinski definition) is 1. The van der Waals surface area contributed by atoms with E-state index in [1.54, 1.807) is 42.5 Å². The largest absolute Gasteiger partial charge is 0.495 e. The minimum absolute atomic E-state index is 0.105. The Labute approximate surface area is 179 Å². The summed E-state index contributed by atoms with van der Waals surface area (Å²) in [5.74, 6) is 0.292. The molecule has 0 unspecified atom stereocenters. The van der Waals surface area contributed by atoms with Gasteiger partial charge in [-0.15, -0.1) is 0 Å². The highest BCUT2D eigenvalue weighted by Crippen LogP contribution is 2.25. The van der Waals surface area contributed by atoms with Crippen molar-refractivity contribution in [1.29, 1.82) is 0 Å². The van der Waals surface area contributed by atoms with E-state index >= 15 is 0 Å².